The van der Waals surface area contributed by atoms with Crippen molar-refractivity contribution in [2.45, 2.75) is 23.8 Å². The lowest BCUT2D eigenvalue weighted by Crippen LogP contribution is -2.02. The lowest BCUT2D eigenvalue weighted by Gasteiger charge is -2.01. The highest BCUT2D eigenvalue weighted by Crippen LogP contribution is 2.20. The summed E-state index contributed by atoms with van der Waals surface area (Å²) in [6, 6.07) is 1.88. The SMILES string of the molecule is Cc1cc(CN)nc(Sc2ncc[nH]2)n1. The molecule has 0 aliphatic rings. The van der Waals surface area contributed by atoms with Crippen molar-refractivity contribution in [1.82, 2.24) is 19.9 Å². The second kappa shape index (κ2) is 4.41. The Hall–Kier alpha value is -1.40. The monoisotopic (exact) mass is 221 g/mol. The number of H-pyrrole nitrogens is 1. The highest BCUT2D eigenvalue weighted by molar-refractivity contribution is 7.99. The van der Waals surface area contributed by atoms with Crippen molar-refractivity contribution >= 4 is 11.8 Å². The van der Waals surface area contributed by atoms with Crippen molar-refractivity contribution in [3.05, 3.63) is 29.8 Å². The van der Waals surface area contributed by atoms with E-state index in [9.17, 15) is 0 Å². The zero-order valence-corrected chi connectivity index (χ0v) is 9.08. The van der Waals surface area contributed by atoms with Gasteiger partial charge >= 0.3 is 0 Å². The number of hydrogen-bond acceptors (Lipinski definition) is 5. The normalized spacial score (nSPS) is 10.5. The molecular formula is C9H11N5S. The third-order valence-corrected chi connectivity index (χ3v) is 2.54. The van der Waals surface area contributed by atoms with Gasteiger partial charge in [0.25, 0.3) is 0 Å². The zero-order chi connectivity index (χ0) is 10.7. The topological polar surface area (TPSA) is 80.5 Å². The van der Waals surface area contributed by atoms with E-state index in [1.165, 1.54) is 11.8 Å². The number of hydrogen-bond donors (Lipinski definition) is 2. The first kappa shape index (κ1) is 10.1. The van der Waals surface area contributed by atoms with E-state index in [-0.39, 0.29) is 0 Å². The van der Waals surface area contributed by atoms with Crippen LogP contribution in [-0.2, 0) is 6.54 Å². The molecule has 78 valence electrons. The van der Waals surface area contributed by atoms with Gasteiger partial charge in [0.2, 0.25) is 0 Å². The molecule has 0 saturated heterocycles. The fourth-order valence-electron chi connectivity index (χ4n) is 1.15. The average Bonchev–Trinajstić information content (AvgIpc) is 2.69. The maximum atomic E-state index is 5.54. The van der Waals surface area contributed by atoms with Gasteiger partial charge in [-0.2, -0.15) is 0 Å². The van der Waals surface area contributed by atoms with E-state index in [1.54, 1.807) is 12.4 Å². The summed E-state index contributed by atoms with van der Waals surface area (Å²) in [5.41, 5.74) is 7.30. The van der Waals surface area contributed by atoms with Gasteiger partial charge in [-0.25, -0.2) is 15.0 Å². The van der Waals surface area contributed by atoms with Crippen LogP contribution in [0, 0.1) is 6.92 Å². The highest BCUT2D eigenvalue weighted by Gasteiger charge is 2.04. The molecule has 15 heavy (non-hydrogen) atoms. The van der Waals surface area contributed by atoms with Crippen molar-refractivity contribution in [2.24, 2.45) is 5.73 Å². The molecule has 0 aromatic carbocycles. The molecule has 0 unspecified atom stereocenters. The summed E-state index contributed by atoms with van der Waals surface area (Å²) in [6.45, 7) is 2.35. The fraction of sp³-hybridized carbons (Fsp3) is 0.222. The van der Waals surface area contributed by atoms with Crippen LogP contribution < -0.4 is 5.73 Å². The van der Waals surface area contributed by atoms with Crippen LogP contribution in [0.15, 0.2) is 28.8 Å². The van der Waals surface area contributed by atoms with Crippen LogP contribution >= 0.6 is 11.8 Å². The quantitative estimate of drug-likeness (QED) is 0.759. The predicted octanol–water partition coefficient (Wildman–Crippen LogP) is 1.12. The van der Waals surface area contributed by atoms with Gasteiger partial charge in [0.05, 0.1) is 5.69 Å². The lowest BCUT2D eigenvalue weighted by molar-refractivity contribution is 0.850. The number of imidazole rings is 1. The van der Waals surface area contributed by atoms with Gasteiger partial charge in [-0.15, -0.1) is 0 Å². The number of nitrogens with one attached hydrogen (secondary N) is 1. The third-order valence-electron chi connectivity index (χ3n) is 1.76. The summed E-state index contributed by atoms with van der Waals surface area (Å²) in [5.74, 6) is 0. The van der Waals surface area contributed by atoms with Gasteiger partial charge in [-0.1, -0.05) is 0 Å². The largest absolute Gasteiger partial charge is 0.339 e. The number of rotatable bonds is 3. The minimum absolute atomic E-state index is 0.426. The summed E-state index contributed by atoms with van der Waals surface area (Å²) in [6.07, 6.45) is 3.46. The maximum Gasteiger partial charge on any atom is 0.195 e. The summed E-state index contributed by atoms with van der Waals surface area (Å²) in [4.78, 5) is 15.7. The Morgan fingerprint density at radius 2 is 2.33 bits per heavy atom. The van der Waals surface area contributed by atoms with E-state index in [0.29, 0.717) is 11.7 Å². The van der Waals surface area contributed by atoms with Crippen molar-refractivity contribution in [1.29, 1.82) is 0 Å². The Kier molecular flexibility index (Phi) is 2.98. The maximum absolute atomic E-state index is 5.54. The van der Waals surface area contributed by atoms with Crippen LogP contribution in [0.25, 0.3) is 0 Å². The van der Waals surface area contributed by atoms with E-state index in [1.807, 2.05) is 13.0 Å². The first-order valence-electron chi connectivity index (χ1n) is 4.50. The molecule has 2 aromatic rings. The summed E-state index contributed by atoms with van der Waals surface area (Å²) < 4.78 is 0. The Morgan fingerprint density at radius 1 is 1.47 bits per heavy atom. The molecule has 0 spiro atoms. The average molecular weight is 221 g/mol. The molecule has 0 bridgehead atoms. The number of nitrogens with two attached hydrogens (primary N) is 1. The van der Waals surface area contributed by atoms with E-state index < -0.39 is 0 Å². The summed E-state index contributed by atoms with van der Waals surface area (Å²) in [7, 11) is 0. The van der Waals surface area contributed by atoms with Crippen molar-refractivity contribution in [2.75, 3.05) is 0 Å². The molecule has 6 heteroatoms. The van der Waals surface area contributed by atoms with Crippen LogP contribution in [0.3, 0.4) is 0 Å². The number of nitrogens with zero attached hydrogens (tertiary/aromatic N) is 3. The number of aromatic nitrogens is 4. The first-order valence-corrected chi connectivity index (χ1v) is 5.31. The molecule has 0 amide bonds. The van der Waals surface area contributed by atoms with Crippen LogP contribution in [0.1, 0.15) is 11.4 Å². The Labute approximate surface area is 91.5 Å². The van der Waals surface area contributed by atoms with Gasteiger partial charge in [0.15, 0.2) is 10.3 Å². The number of aryl methyl sites for hydroxylation is 1. The second-order valence-electron chi connectivity index (χ2n) is 2.98. The van der Waals surface area contributed by atoms with E-state index in [2.05, 4.69) is 19.9 Å². The van der Waals surface area contributed by atoms with Crippen LogP contribution in [0.4, 0.5) is 0 Å². The van der Waals surface area contributed by atoms with Crippen LogP contribution in [0.2, 0.25) is 0 Å². The van der Waals surface area contributed by atoms with Crippen LogP contribution in [-0.4, -0.2) is 19.9 Å². The minimum Gasteiger partial charge on any atom is -0.339 e. The van der Waals surface area contributed by atoms with Gasteiger partial charge in [-0.3, -0.25) is 0 Å². The molecule has 2 rings (SSSR count). The Morgan fingerprint density at radius 3 is 3.00 bits per heavy atom. The number of aromatic amines is 1. The molecule has 0 atom stereocenters. The minimum atomic E-state index is 0.426. The molecule has 5 nitrogen and oxygen atoms in total. The zero-order valence-electron chi connectivity index (χ0n) is 8.27. The smallest absolute Gasteiger partial charge is 0.195 e. The van der Waals surface area contributed by atoms with E-state index in [0.717, 1.165) is 16.5 Å². The predicted molar refractivity (Wildman–Crippen MR) is 57.4 cm³/mol. The van der Waals surface area contributed by atoms with Gasteiger partial charge in [0, 0.05) is 24.6 Å². The molecule has 2 aromatic heterocycles. The van der Waals surface area contributed by atoms with Gasteiger partial charge in [-0.05, 0) is 24.8 Å². The van der Waals surface area contributed by atoms with Crippen molar-refractivity contribution in [3.8, 4) is 0 Å². The van der Waals surface area contributed by atoms with Crippen molar-refractivity contribution < 1.29 is 0 Å². The summed E-state index contributed by atoms with van der Waals surface area (Å²) >= 11 is 1.39. The summed E-state index contributed by atoms with van der Waals surface area (Å²) in [5, 5.41) is 1.45. The molecule has 0 radical (unpaired) electrons. The molecular weight excluding hydrogens is 210 g/mol. The Bertz CT molecular complexity index is 440. The highest BCUT2D eigenvalue weighted by atomic mass is 32.2. The van der Waals surface area contributed by atoms with E-state index in [4.69, 9.17) is 5.73 Å². The first-order chi connectivity index (χ1) is 7.28. The molecule has 2 heterocycles. The van der Waals surface area contributed by atoms with Gasteiger partial charge < -0.3 is 10.7 Å². The lowest BCUT2D eigenvalue weighted by atomic mass is 10.3. The molecule has 0 aliphatic carbocycles. The molecule has 0 aliphatic heterocycles. The fourth-order valence-corrected chi connectivity index (χ4v) is 1.91. The van der Waals surface area contributed by atoms with Crippen LogP contribution in [0.5, 0.6) is 0 Å². The standard InChI is InChI=1S/C9H11N5S/c1-6-4-7(5-10)14-9(13-6)15-8-11-2-3-12-8/h2-4H,5,10H2,1H3,(H,11,12). The molecule has 0 saturated carbocycles. The second-order valence-corrected chi connectivity index (χ2v) is 3.94. The molecule has 3 N–H and O–H groups in total. The Balaban J connectivity index is 2.24. The third kappa shape index (κ3) is 2.54. The van der Waals surface area contributed by atoms with E-state index >= 15 is 0 Å². The van der Waals surface area contributed by atoms with Gasteiger partial charge in [0.1, 0.15) is 0 Å². The molecule has 0 fully saturated rings. The van der Waals surface area contributed by atoms with Crippen molar-refractivity contribution in [3.63, 3.8) is 0 Å².